The summed E-state index contributed by atoms with van der Waals surface area (Å²) in [5.74, 6) is 6.96. The molecule has 0 spiro atoms. The van der Waals surface area contributed by atoms with Gasteiger partial charge in [0.15, 0.2) is 0 Å². The molecule has 0 aliphatic rings. The summed E-state index contributed by atoms with van der Waals surface area (Å²) in [7, 11) is -2.08. The molecule has 5 nitrogen and oxygen atoms in total. The SMILES string of the molecule is C=CCc1ccccc1OCC#CCNS(=O)(=O)c1ccc(OC)c(C)c1. The van der Waals surface area contributed by atoms with Crippen LogP contribution in [0.3, 0.4) is 0 Å². The third-order valence-electron chi connectivity index (χ3n) is 3.79. The van der Waals surface area contributed by atoms with E-state index in [1.54, 1.807) is 26.2 Å². The van der Waals surface area contributed by atoms with Crippen molar-refractivity contribution in [3.8, 4) is 23.3 Å². The van der Waals surface area contributed by atoms with Gasteiger partial charge in [-0.15, -0.1) is 6.58 Å². The van der Waals surface area contributed by atoms with Crippen molar-refractivity contribution in [2.75, 3.05) is 20.3 Å². The monoisotopic (exact) mass is 385 g/mol. The molecule has 0 aromatic heterocycles. The number of benzene rings is 2. The summed E-state index contributed by atoms with van der Waals surface area (Å²) in [6.07, 6.45) is 2.52. The first-order chi connectivity index (χ1) is 13.0. The third-order valence-corrected chi connectivity index (χ3v) is 5.19. The number of aryl methyl sites for hydroxylation is 1. The molecule has 2 rings (SSSR count). The van der Waals surface area contributed by atoms with E-state index < -0.39 is 10.0 Å². The van der Waals surface area contributed by atoms with Crippen molar-refractivity contribution >= 4 is 10.0 Å². The zero-order valence-corrected chi connectivity index (χ0v) is 16.3. The number of rotatable bonds is 8. The fraction of sp³-hybridized carbons (Fsp3) is 0.238. The highest BCUT2D eigenvalue weighted by Gasteiger charge is 2.14. The highest BCUT2D eigenvalue weighted by molar-refractivity contribution is 7.89. The molecule has 2 aromatic rings. The Kier molecular flexibility index (Phi) is 7.47. The van der Waals surface area contributed by atoms with Crippen molar-refractivity contribution in [2.24, 2.45) is 0 Å². The van der Waals surface area contributed by atoms with Crippen molar-refractivity contribution in [1.82, 2.24) is 4.72 Å². The summed E-state index contributed by atoms with van der Waals surface area (Å²) in [6.45, 7) is 5.70. The minimum absolute atomic E-state index is 0.00503. The Hall–Kier alpha value is -2.75. The molecule has 1 N–H and O–H groups in total. The molecule has 0 amide bonds. The second kappa shape index (κ2) is 9.81. The second-order valence-electron chi connectivity index (χ2n) is 5.70. The first-order valence-electron chi connectivity index (χ1n) is 8.39. The zero-order valence-electron chi connectivity index (χ0n) is 15.5. The van der Waals surface area contributed by atoms with Crippen molar-refractivity contribution in [3.05, 3.63) is 66.2 Å². The van der Waals surface area contributed by atoms with Gasteiger partial charge in [-0.2, -0.15) is 4.72 Å². The molecule has 2 aromatic carbocycles. The van der Waals surface area contributed by atoms with Gasteiger partial charge in [0, 0.05) is 0 Å². The minimum Gasteiger partial charge on any atom is -0.496 e. The molecule has 0 unspecified atom stereocenters. The third kappa shape index (κ3) is 5.88. The summed E-state index contributed by atoms with van der Waals surface area (Å²) in [4.78, 5) is 0.178. The second-order valence-corrected chi connectivity index (χ2v) is 7.47. The van der Waals surface area contributed by atoms with Crippen LogP contribution >= 0.6 is 0 Å². The lowest BCUT2D eigenvalue weighted by Gasteiger charge is -2.08. The van der Waals surface area contributed by atoms with E-state index in [2.05, 4.69) is 23.1 Å². The maximum absolute atomic E-state index is 12.3. The summed E-state index contributed by atoms with van der Waals surface area (Å²) >= 11 is 0. The van der Waals surface area contributed by atoms with E-state index in [-0.39, 0.29) is 18.0 Å². The molecule has 0 saturated carbocycles. The van der Waals surface area contributed by atoms with Crippen molar-refractivity contribution in [2.45, 2.75) is 18.2 Å². The molecule has 0 heterocycles. The molecule has 6 heteroatoms. The van der Waals surface area contributed by atoms with E-state index in [1.807, 2.05) is 30.3 Å². The molecule has 0 fully saturated rings. The molecule has 0 radical (unpaired) electrons. The Balaban J connectivity index is 1.89. The number of hydrogen-bond acceptors (Lipinski definition) is 4. The quantitative estimate of drug-likeness (QED) is 0.560. The molecule has 142 valence electrons. The Morgan fingerprint density at radius 3 is 2.63 bits per heavy atom. The van der Waals surface area contributed by atoms with E-state index in [0.29, 0.717) is 12.2 Å². The predicted molar refractivity (Wildman–Crippen MR) is 107 cm³/mol. The van der Waals surface area contributed by atoms with Crippen LogP contribution in [0.2, 0.25) is 0 Å². The Bertz CT molecular complexity index is 956. The van der Waals surface area contributed by atoms with E-state index in [1.165, 1.54) is 6.07 Å². The first-order valence-corrected chi connectivity index (χ1v) is 9.88. The predicted octanol–water partition coefficient (Wildman–Crippen LogP) is 3.09. The lowest BCUT2D eigenvalue weighted by atomic mass is 10.1. The van der Waals surface area contributed by atoms with Gasteiger partial charge in [-0.25, -0.2) is 8.42 Å². The molecule has 27 heavy (non-hydrogen) atoms. The van der Waals surface area contributed by atoms with E-state index >= 15 is 0 Å². The van der Waals surface area contributed by atoms with Crippen LogP contribution < -0.4 is 14.2 Å². The van der Waals surface area contributed by atoms with Crippen LogP contribution in [0.4, 0.5) is 0 Å². The number of allylic oxidation sites excluding steroid dienone is 1. The van der Waals surface area contributed by atoms with Gasteiger partial charge < -0.3 is 9.47 Å². The molecule has 0 bridgehead atoms. The zero-order chi connectivity index (χ0) is 19.7. The van der Waals surface area contributed by atoms with Crippen molar-refractivity contribution in [3.63, 3.8) is 0 Å². The fourth-order valence-corrected chi connectivity index (χ4v) is 3.44. The first kappa shape index (κ1) is 20.6. The van der Waals surface area contributed by atoms with E-state index in [9.17, 15) is 8.42 Å². The number of sulfonamides is 1. The van der Waals surface area contributed by atoms with Crippen LogP contribution in [-0.4, -0.2) is 28.7 Å². The van der Waals surface area contributed by atoms with Crippen LogP contribution in [0, 0.1) is 18.8 Å². The highest BCUT2D eigenvalue weighted by atomic mass is 32.2. The van der Waals surface area contributed by atoms with Gasteiger partial charge in [-0.3, -0.25) is 0 Å². The smallest absolute Gasteiger partial charge is 0.241 e. The number of nitrogens with one attached hydrogen (secondary N) is 1. The van der Waals surface area contributed by atoms with Crippen LogP contribution in [0.15, 0.2) is 60.0 Å². The number of hydrogen-bond donors (Lipinski definition) is 1. The van der Waals surface area contributed by atoms with Crippen LogP contribution in [0.1, 0.15) is 11.1 Å². The minimum atomic E-state index is -3.62. The lowest BCUT2D eigenvalue weighted by Crippen LogP contribution is -2.24. The van der Waals surface area contributed by atoms with E-state index in [0.717, 1.165) is 16.9 Å². The van der Waals surface area contributed by atoms with Crippen LogP contribution in [0.25, 0.3) is 0 Å². The van der Waals surface area contributed by atoms with Gasteiger partial charge in [0.05, 0.1) is 18.6 Å². The summed E-state index contributed by atoms with van der Waals surface area (Å²) in [5.41, 5.74) is 1.78. The fourth-order valence-electron chi connectivity index (χ4n) is 2.43. The molecular formula is C21H23NO4S. The maximum atomic E-state index is 12.3. The van der Waals surface area contributed by atoms with Gasteiger partial charge in [0.2, 0.25) is 10.0 Å². The van der Waals surface area contributed by atoms with Crippen molar-refractivity contribution < 1.29 is 17.9 Å². The van der Waals surface area contributed by atoms with Gasteiger partial charge in [-0.1, -0.05) is 36.1 Å². The highest BCUT2D eigenvalue weighted by Crippen LogP contribution is 2.21. The topological polar surface area (TPSA) is 64.6 Å². The Morgan fingerprint density at radius 2 is 1.93 bits per heavy atom. The average Bonchev–Trinajstić information content (AvgIpc) is 2.66. The summed E-state index contributed by atoms with van der Waals surface area (Å²) in [5, 5.41) is 0. The van der Waals surface area contributed by atoms with Gasteiger partial charge >= 0.3 is 0 Å². The molecule has 0 atom stereocenters. The maximum Gasteiger partial charge on any atom is 0.241 e. The standard InChI is InChI=1S/C21H23NO4S/c1-4-9-18-10-5-6-11-21(18)26-15-8-7-14-22-27(23,24)19-12-13-20(25-3)17(2)16-19/h4-6,10-13,16,22H,1,9,14-15H2,2-3H3. The van der Waals surface area contributed by atoms with Gasteiger partial charge in [0.25, 0.3) is 0 Å². The largest absolute Gasteiger partial charge is 0.496 e. The Morgan fingerprint density at radius 1 is 1.15 bits per heavy atom. The number of ether oxygens (including phenoxy) is 2. The van der Waals surface area contributed by atoms with Crippen molar-refractivity contribution in [1.29, 1.82) is 0 Å². The Labute approximate surface area is 161 Å². The lowest BCUT2D eigenvalue weighted by molar-refractivity contribution is 0.366. The van der Waals surface area contributed by atoms with Gasteiger partial charge in [0.1, 0.15) is 18.1 Å². The van der Waals surface area contributed by atoms with Crippen LogP contribution in [0.5, 0.6) is 11.5 Å². The normalized spacial score (nSPS) is 10.6. The molecule has 0 saturated heterocycles. The summed E-state index contributed by atoms with van der Waals surface area (Å²) in [6, 6.07) is 12.4. The average molecular weight is 385 g/mol. The number of methoxy groups -OCH3 is 1. The molecule has 0 aliphatic carbocycles. The summed E-state index contributed by atoms with van der Waals surface area (Å²) < 4.78 is 37.8. The van der Waals surface area contributed by atoms with Gasteiger partial charge in [-0.05, 0) is 48.7 Å². The van der Waals surface area contributed by atoms with E-state index in [4.69, 9.17) is 9.47 Å². The van der Waals surface area contributed by atoms with Crippen LogP contribution in [-0.2, 0) is 16.4 Å². The number of para-hydroxylation sites is 1. The molecule has 0 aliphatic heterocycles. The molecular weight excluding hydrogens is 362 g/mol.